The van der Waals surface area contributed by atoms with E-state index in [0.29, 0.717) is 19.5 Å². The number of hydrogen-bond donors (Lipinski definition) is 1. The standard InChI is InChI=1S/C8H15N3O2/c1-10(2)8(13)11-4-3-6(5-11)7(9)12/h6H,3-5H2,1-2H3,(H2,9,12). The summed E-state index contributed by atoms with van der Waals surface area (Å²) in [6.45, 7) is 1.09. The zero-order valence-corrected chi connectivity index (χ0v) is 7.99. The fourth-order valence-corrected chi connectivity index (χ4v) is 1.45. The summed E-state index contributed by atoms with van der Waals surface area (Å²) >= 11 is 0. The molecule has 13 heavy (non-hydrogen) atoms. The number of nitrogens with two attached hydrogens (primary N) is 1. The van der Waals surface area contributed by atoms with Gasteiger partial charge in [0.2, 0.25) is 5.91 Å². The van der Waals surface area contributed by atoms with Crippen LogP contribution >= 0.6 is 0 Å². The molecular weight excluding hydrogens is 170 g/mol. The van der Waals surface area contributed by atoms with Crippen LogP contribution in [0.15, 0.2) is 0 Å². The van der Waals surface area contributed by atoms with Gasteiger partial charge in [-0.3, -0.25) is 4.79 Å². The van der Waals surface area contributed by atoms with Crippen molar-refractivity contribution in [1.29, 1.82) is 0 Å². The number of primary amides is 1. The summed E-state index contributed by atoms with van der Waals surface area (Å²) in [6.07, 6.45) is 0.689. The highest BCUT2D eigenvalue weighted by atomic mass is 16.2. The lowest BCUT2D eigenvalue weighted by Crippen LogP contribution is -2.38. The van der Waals surface area contributed by atoms with Crippen molar-refractivity contribution in [2.75, 3.05) is 27.2 Å². The van der Waals surface area contributed by atoms with Crippen molar-refractivity contribution >= 4 is 11.9 Å². The summed E-state index contributed by atoms with van der Waals surface area (Å²) in [5.41, 5.74) is 5.15. The Morgan fingerprint density at radius 2 is 2.08 bits per heavy atom. The summed E-state index contributed by atoms with van der Waals surface area (Å²) < 4.78 is 0. The van der Waals surface area contributed by atoms with Gasteiger partial charge in [0.25, 0.3) is 0 Å². The molecule has 1 heterocycles. The second-order valence-corrected chi connectivity index (χ2v) is 3.51. The van der Waals surface area contributed by atoms with E-state index >= 15 is 0 Å². The van der Waals surface area contributed by atoms with E-state index in [4.69, 9.17) is 5.73 Å². The van der Waals surface area contributed by atoms with Gasteiger partial charge in [-0.25, -0.2) is 4.79 Å². The van der Waals surface area contributed by atoms with E-state index in [1.807, 2.05) is 0 Å². The number of nitrogens with zero attached hydrogens (tertiary/aromatic N) is 2. The van der Waals surface area contributed by atoms with Gasteiger partial charge in [0, 0.05) is 27.2 Å². The first-order chi connectivity index (χ1) is 6.02. The molecule has 1 atom stereocenters. The molecule has 0 aromatic rings. The minimum Gasteiger partial charge on any atom is -0.369 e. The summed E-state index contributed by atoms with van der Waals surface area (Å²) in [7, 11) is 3.39. The number of urea groups is 1. The second kappa shape index (κ2) is 3.64. The maximum absolute atomic E-state index is 11.4. The minimum atomic E-state index is -0.311. The first-order valence-corrected chi connectivity index (χ1v) is 4.28. The van der Waals surface area contributed by atoms with Crippen LogP contribution < -0.4 is 5.73 Å². The SMILES string of the molecule is CN(C)C(=O)N1CCC(C(N)=O)C1. The highest BCUT2D eigenvalue weighted by molar-refractivity contribution is 5.80. The molecule has 0 aromatic heterocycles. The van der Waals surface area contributed by atoms with Crippen LogP contribution in [-0.2, 0) is 4.79 Å². The highest BCUT2D eigenvalue weighted by Gasteiger charge is 2.30. The highest BCUT2D eigenvalue weighted by Crippen LogP contribution is 2.16. The Hall–Kier alpha value is -1.26. The van der Waals surface area contributed by atoms with Crippen LogP contribution in [0.2, 0.25) is 0 Å². The predicted octanol–water partition coefficient (Wildman–Crippen LogP) is -0.525. The lowest BCUT2D eigenvalue weighted by molar-refractivity contribution is -0.121. The number of carbonyl (C=O) groups is 2. The molecule has 74 valence electrons. The average Bonchev–Trinajstić information content (AvgIpc) is 2.50. The molecule has 1 rings (SSSR count). The van der Waals surface area contributed by atoms with Crippen LogP contribution in [0.1, 0.15) is 6.42 Å². The van der Waals surface area contributed by atoms with E-state index in [9.17, 15) is 9.59 Å². The monoisotopic (exact) mass is 185 g/mol. The molecule has 0 spiro atoms. The number of amides is 3. The molecule has 0 radical (unpaired) electrons. The Kier molecular flexibility index (Phi) is 2.75. The van der Waals surface area contributed by atoms with Crippen LogP contribution in [0.25, 0.3) is 0 Å². The quantitative estimate of drug-likeness (QED) is 0.597. The zero-order chi connectivity index (χ0) is 10.0. The van der Waals surface area contributed by atoms with Gasteiger partial charge in [-0.1, -0.05) is 0 Å². The van der Waals surface area contributed by atoms with Crippen molar-refractivity contribution in [2.45, 2.75) is 6.42 Å². The van der Waals surface area contributed by atoms with Gasteiger partial charge in [0.05, 0.1) is 5.92 Å². The molecular formula is C8H15N3O2. The van der Waals surface area contributed by atoms with Gasteiger partial charge in [-0.15, -0.1) is 0 Å². The van der Waals surface area contributed by atoms with Crippen LogP contribution in [0.5, 0.6) is 0 Å². The van der Waals surface area contributed by atoms with Crippen LogP contribution in [0.3, 0.4) is 0 Å². The van der Waals surface area contributed by atoms with Gasteiger partial charge in [0.15, 0.2) is 0 Å². The molecule has 3 amide bonds. The third-order valence-electron chi connectivity index (χ3n) is 2.24. The maximum atomic E-state index is 11.4. The fourth-order valence-electron chi connectivity index (χ4n) is 1.45. The third kappa shape index (κ3) is 2.11. The molecule has 0 saturated carbocycles. The average molecular weight is 185 g/mol. The van der Waals surface area contributed by atoms with E-state index < -0.39 is 0 Å². The van der Waals surface area contributed by atoms with Gasteiger partial charge in [-0.05, 0) is 6.42 Å². The van der Waals surface area contributed by atoms with Gasteiger partial charge in [-0.2, -0.15) is 0 Å². The number of likely N-dealkylation sites (tertiary alicyclic amines) is 1. The molecule has 2 N–H and O–H groups in total. The first kappa shape index (κ1) is 9.83. The van der Waals surface area contributed by atoms with Crippen molar-refractivity contribution < 1.29 is 9.59 Å². The molecule has 0 bridgehead atoms. The molecule has 1 saturated heterocycles. The van der Waals surface area contributed by atoms with Crippen LogP contribution in [-0.4, -0.2) is 48.9 Å². The maximum Gasteiger partial charge on any atom is 0.319 e. The van der Waals surface area contributed by atoms with Gasteiger partial charge >= 0.3 is 6.03 Å². The van der Waals surface area contributed by atoms with E-state index in [1.54, 1.807) is 19.0 Å². The van der Waals surface area contributed by atoms with Crippen molar-refractivity contribution in [3.05, 3.63) is 0 Å². The molecule has 5 heteroatoms. The van der Waals surface area contributed by atoms with Gasteiger partial charge < -0.3 is 15.5 Å². The summed E-state index contributed by atoms with van der Waals surface area (Å²) in [5, 5.41) is 0. The summed E-state index contributed by atoms with van der Waals surface area (Å²) in [5.74, 6) is -0.474. The first-order valence-electron chi connectivity index (χ1n) is 4.28. The Morgan fingerprint density at radius 3 is 2.46 bits per heavy atom. The second-order valence-electron chi connectivity index (χ2n) is 3.51. The summed E-state index contributed by atoms with van der Waals surface area (Å²) in [6, 6.07) is -0.0521. The number of carbonyl (C=O) groups excluding carboxylic acids is 2. The molecule has 1 fully saturated rings. The lowest BCUT2D eigenvalue weighted by Gasteiger charge is -2.20. The van der Waals surface area contributed by atoms with E-state index in [2.05, 4.69) is 0 Å². The number of rotatable bonds is 1. The molecule has 0 aromatic carbocycles. The topological polar surface area (TPSA) is 66.6 Å². The van der Waals surface area contributed by atoms with Crippen molar-refractivity contribution in [3.63, 3.8) is 0 Å². The Bertz CT molecular complexity index is 227. The third-order valence-corrected chi connectivity index (χ3v) is 2.24. The van der Waals surface area contributed by atoms with E-state index in [-0.39, 0.29) is 17.9 Å². The molecule has 1 unspecified atom stereocenters. The van der Waals surface area contributed by atoms with Crippen LogP contribution in [0.4, 0.5) is 4.79 Å². The van der Waals surface area contributed by atoms with Crippen molar-refractivity contribution in [2.24, 2.45) is 11.7 Å². The lowest BCUT2D eigenvalue weighted by atomic mass is 10.1. The Labute approximate surface area is 77.5 Å². The van der Waals surface area contributed by atoms with Crippen LogP contribution in [0, 0.1) is 5.92 Å². The Morgan fingerprint density at radius 1 is 1.46 bits per heavy atom. The summed E-state index contributed by atoms with van der Waals surface area (Å²) in [4.78, 5) is 25.4. The smallest absolute Gasteiger partial charge is 0.319 e. The minimum absolute atomic E-state index is 0.0521. The van der Waals surface area contributed by atoms with Crippen molar-refractivity contribution in [1.82, 2.24) is 9.80 Å². The molecule has 5 nitrogen and oxygen atoms in total. The normalized spacial score (nSPS) is 21.7. The number of hydrogen-bond acceptors (Lipinski definition) is 2. The van der Waals surface area contributed by atoms with E-state index in [1.165, 1.54) is 4.90 Å². The molecule has 1 aliphatic rings. The Balaban J connectivity index is 2.50. The zero-order valence-electron chi connectivity index (χ0n) is 7.99. The fraction of sp³-hybridized carbons (Fsp3) is 0.750. The molecule has 0 aliphatic carbocycles. The van der Waals surface area contributed by atoms with Gasteiger partial charge in [0.1, 0.15) is 0 Å². The van der Waals surface area contributed by atoms with Crippen molar-refractivity contribution in [3.8, 4) is 0 Å². The van der Waals surface area contributed by atoms with E-state index in [0.717, 1.165) is 0 Å². The molecule has 1 aliphatic heterocycles. The largest absolute Gasteiger partial charge is 0.369 e. The predicted molar refractivity (Wildman–Crippen MR) is 48.0 cm³/mol.